The summed E-state index contributed by atoms with van der Waals surface area (Å²) in [7, 11) is 0. The van der Waals surface area contributed by atoms with Gasteiger partial charge in [-0.25, -0.2) is 4.98 Å². The number of hydrogen-bond donors (Lipinski definition) is 0. The largest absolute Gasteiger partial charge is 0.374 e. The summed E-state index contributed by atoms with van der Waals surface area (Å²) in [5.41, 5.74) is 3.93. The highest BCUT2D eigenvalue weighted by Gasteiger charge is 2.36. The van der Waals surface area contributed by atoms with Crippen molar-refractivity contribution in [2.75, 3.05) is 24.6 Å². The summed E-state index contributed by atoms with van der Waals surface area (Å²) in [6.07, 6.45) is 2.88. The first-order valence-corrected chi connectivity index (χ1v) is 7.36. The van der Waals surface area contributed by atoms with Crippen molar-refractivity contribution in [1.29, 1.82) is 5.26 Å². The fourth-order valence-electron chi connectivity index (χ4n) is 2.91. The lowest BCUT2D eigenvalue weighted by molar-refractivity contribution is 0.0261. The second-order valence-electron chi connectivity index (χ2n) is 5.95. The standard InChI is InChI=1S/C16H21N3O/c1-10-11(2)14(8-17)16(18-12(10)3)19-6-7-20-15(9-19)13-4-5-13/h13,15H,4-7,9H2,1-3H3. The molecule has 4 heteroatoms. The molecule has 0 bridgehead atoms. The van der Waals surface area contributed by atoms with Gasteiger partial charge in [0, 0.05) is 18.8 Å². The van der Waals surface area contributed by atoms with E-state index < -0.39 is 0 Å². The number of anilines is 1. The van der Waals surface area contributed by atoms with E-state index in [0.717, 1.165) is 53.8 Å². The number of aryl methyl sites for hydroxylation is 1. The lowest BCUT2D eigenvalue weighted by Crippen LogP contribution is -2.44. The van der Waals surface area contributed by atoms with E-state index in [0.29, 0.717) is 6.10 Å². The molecule has 2 aliphatic rings. The Morgan fingerprint density at radius 1 is 1.25 bits per heavy atom. The average molecular weight is 271 g/mol. The van der Waals surface area contributed by atoms with Gasteiger partial charge in [-0.3, -0.25) is 0 Å². The summed E-state index contributed by atoms with van der Waals surface area (Å²) < 4.78 is 5.86. The molecule has 3 rings (SSSR count). The van der Waals surface area contributed by atoms with Crippen molar-refractivity contribution in [3.63, 3.8) is 0 Å². The Morgan fingerprint density at radius 3 is 2.65 bits per heavy atom. The topological polar surface area (TPSA) is 49.2 Å². The normalized spacial score (nSPS) is 22.7. The quantitative estimate of drug-likeness (QED) is 0.829. The number of morpholine rings is 1. The first-order chi connectivity index (χ1) is 9.61. The van der Waals surface area contributed by atoms with Crippen LogP contribution in [0.5, 0.6) is 0 Å². The fraction of sp³-hybridized carbons (Fsp3) is 0.625. The van der Waals surface area contributed by atoms with Crippen LogP contribution in [-0.4, -0.2) is 30.8 Å². The maximum absolute atomic E-state index is 9.48. The number of pyridine rings is 1. The minimum absolute atomic E-state index is 0.319. The lowest BCUT2D eigenvalue weighted by Gasteiger charge is -2.35. The molecule has 0 spiro atoms. The van der Waals surface area contributed by atoms with Crippen LogP contribution in [0.1, 0.15) is 35.2 Å². The molecule has 1 aromatic rings. The predicted octanol–water partition coefficient (Wildman–Crippen LogP) is 2.49. The molecular formula is C16H21N3O. The molecule has 1 aliphatic carbocycles. The van der Waals surface area contributed by atoms with Crippen LogP contribution in [0.15, 0.2) is 0 Å². The number of nitrogens with zero attached hydrogens (tertiary/aromatic N) is 3. The maximum atomic E-state index is 9.48. The summed E-state index contributed by atoms with van der Waals surface area (Å²) in [4.78, 5) is 6.93. The average Bonchev–Trinajstić information content (AvgIpc) is 3.29. The summed E-state index contributed by atoms with van der Waals surface area (Å²) in [5.74, 6) is 1.57. The fourth-order valence-corrected chi connectivity index (χ4v) is 2.91. The third-order valence-corrected chi connectivity index (χ3v) is 4.63. The Balaban J connectivity index is 1.94. The third kappa shape index (κ3) is 2.27. The third-order valence-electron chi connectivity index (χ3n) is 4.63. The van der Waals surface area contributed by atoms with Gasteiger partial charge >= 0.3 is 0 Å². The van der Waals surface area contributed by atoms with Crippen LogP contribution >= 0.6 is 0 Å². The van der Waals surface area contributed by atoms with Crippen LogP contribution in [0.25, 0.3) is 0 Å². The van der Waals surface area contributed by atoms with Crippen molar-refractivity contribution in [3.8, 4) is 6.07 Å². The zero-order valence-corrected chi connectivity index (χ0v) is 12.4. The molecule has 0 radical (unpaired) electrons. The van der Waals surface area contributed by atoms with Gasteiger partial charge in [0.05, 0.1) is 18.3 Å². The highest BCUT2D eigenvalue weighted by Crippen LogP contribution is 2.37. The van der Waals surface area contributed by atoms with Crippen LogP contribution in [0.2, 0.25) is 0 Å². The van der Waals surface area contributed by atoms with Crippen LogP contribution in [0, 0.1) is 38.0 Å². The van der Waals surface area contributed by atoms with Gasteiger partial charge in [-0.05, 0) is 50.7 Å². The molecule has 0 N–H and O–H groups in total. The van der Waals surface area contributed by atoms with Gasteiger partial charge in [0.15, 0.2) is 0 Å². The van der Waals surface area contributed by atoms with Gasteiger partial charge in [-0.15, -0.1) is 0 Å². The van der Waals surface area contributed by atoms with Crippen LogP contribution in [0.4, 0.5) is 5.82 Å². The van der Waals surface area contributed by atoms with E-state index in [9.17, 15) is 5.26 Å². The van der Waals surface area contributed by atoms with Gasteiger partial charge in [0.2, 0.25) is 0 Å². The van der Waals surface area contributed by atoms with Gasteiger partial charge in [0.1, 0.15) is 11.9 Å². The van der Waals surface area contributed by atoms with E-state index in [4.69, 9.17) is 9.72 Å². The zero-order valence-electron chi connectivity index (χ0n) is 12.4. The SMILES string of the molecule is Cc1nc(N2CCOC(C3CC3)C2)c(C#N)c(C)c1C. The van der Waals surface area contributed by atoms with E-state index in [1.807, 2.05) is 20.8 Å². The Hall–Kier alpha value is -1.60. The summed E-state index contributed by atoms with van der Waals surface area (Å²) >= 11 is 0. The molecule has 106 valence electrons. The summed E-state index contributed by atoms with van der Waals surface area (Å²) in [6, 6.07) is 2.34. The monoisotopic (exact) mass is 271 g/mol. The Labute approximate surface area is 120 Å². The summed E-state index contributed by atoms with van der Waals surface area (Å²) in [6.45, 7) is 8.51. The molecule has 1 saturated heterocycles. The number of hydrogen-bond acceptors (Lipinski definition) is 4. The smallest absolute Gasteiger partial charge is 0.147 e. The van der Waals surface area contributed by atoms with E-state index in [1.165, 1.54) is 12.8 Å². The van der Waals surface area contributed by atoms with Crippen molar-refractivity contribution in [1.82, 2.24) is 4.98 Å². The molecule has 0 amide bonds. The molecular weight excluding hydrogens is 250 g/mol. The predicted molar refractivity (Wildman–Crippen MR) is 77.8 cm³/mol. The van der Waals surface area contributed by atoms with Crippen molar-refractivity contribution in [3.05, 3.63) is 22.4 Å². The molecule has 1 unspecified atom stereocenters. The molecule has 1 atom stereocenters. The molecule has 1 saturated carbocycles. The molecule has 20 heavy (non-hydrogen) atoms. The highest BCUT2D eigenvalue weighted by atomic mass is 16.5. The van der Waals surface area contributed by atoms with Crippen molar-refractivity contribution >= 4 is 5.82 Å². The Morgan fingerprint density at radius 2 is 2.00 bits per heavy atom. The van der Waals surface area contributed by atoms with Crippen molar-refractivity contribution < 1.29 is 4.74 Å². The Bertz CT molecular complexity index is 572. The van der Waals surface area contributed by atoms with E-state index in [1.54, 1.807) is 0 Å². The molecule has 1 aromatic heterocycles. The molecule has 2 heterocycles. The molecule has 1 aliphatic heterocycles. The molecule has 4 nitrogen and oxygen atoms in total. The van der Waals surface area contributed by atoms with E-state index in [-0.39, 0.29) is 0 Å². The van der Waals surface area contributed by atoms with Gasteiger partial charge < -0.3 is 9.64 Å². The van der Waals surface area contributed by atoms with Crippen LogP contribution in [0.3, 0.4) is 0 Å². The van der Waals surface area contributed by atoms with Crippen LogP contribution < -0.4 is 4.90 Å². The van der Waals surface area contributed by atoms with Gasteiger partial charge in [-0.1, -0.05) is 0 Å². The molecule has 2 fully saturated rings. The lowest BCUT2D eigenvalue weighted by atomic mass is 10.0. The molecule has 0 aromatic carbocycles. The second-order valence-corrected chi connectivity index (χ2v) is 5.95. The van der Waals surface area contributed by atoms with Crippen molar-refractivity contribution in [2.45, 2.75) is 39.7 Å². The first kappa shape index (κ1) is 13.4. The van der Waals surface area contributed by atoms with E-state index in [2.05, 4.69) is 11.0 Å². The summed E-state index contributed by atoms with van der Waals surface area (Å²) in [5, 5.41) is 9.48. The maximum Gasteiger partial charge on any atom is 0.147 e. The number of nitriles is 1. The Kier molecular flexibility index (Phi) is 3.39. The minimum Gasteiger partial charge on any atom is -0.374 e. The minimum atomic E-state index is 0.319. The number of rotatable bonds is 2. The first-order valence-electron chi connectivity index (χ1n) is 7.36. The number of aromatic nitrogens is 1. The van der Waals surface area contributed by atoms with Gasteiger partial charge in [0.25, 0.3) is 0 Å². The highest BCUT2D eigenvalue weighted by molar-refractivity contribution is 5.60. The van der Waals surface area contributed by atoms with Gasteiger partial charge in [-0.2, -0.15) is 5.26 Å². The second kappa shape index (κ2) is 5.06. The number of ether oxygens (including phenoxy) is 1. The van der Waals surface area contributed by atoms with E-state index >= 15 is 0 Å². The van der Waals surface area contributed by atoms with Crippen molar-refractivity contribution in [2.24, 2.45) is 5.92 Å². The zero-order chi connectivity index (χ0) is 14.3. The van der Waals surface area contributed by atoms with Crippen LogP contribution in [-0.2, 0) is 4.74 Å².